The van der Waals surface area contributed by atoms with Crippen LogP contribution in [0.3, 0.4) is 0 Å². The summed E-state index contributed by atoms with van der Waals surface area (Å²) >= 11 is 0. The number of rotatable bonds is 5. The third-order valence-electron chi connectivity index (χ3n) is 4.60. The first-order chi connectivity index (χ1) is 12.0. The van der Waals surface area contributed by atoms with Crippen molar-refractivity contribution in [3.05, 3.63) is 69.3 Å². The molecule has 0 atom stereocenters. The highest BCUT2D eigenvalue weighted by atomic mass is 16.2. The summed E-state index contributed by atoms with van der Waals surface area (Å²) in [5.41, 5.74) is 3.86. The zero-order valence-corrected chi connectivity index (χ0v) is 14.8. The first-order valence-corrected chi connectivity index (χ1v) is 8.57. The Balaban J connectivity index is 1.74. The van der Waals surface area contributed by atoms with Gasteiger partial charge < -0.3 is 14.9 Å². The van der Waals surface area contributed by atoms with E-state index in [1.165, 1.54) is 0 Å². The number of aryl methyl sites for hydroxylation is 2. The predicted molar refractivity (Wildman–Crippen MR) is 100 cm³/mol. The van der Waals surface area contributed by atoms with Crippen LogP contribution in [-0.2, 0) is 13.0 Å². The summed E-state index contributed by atoms with van der Waals surface area (Å²) in [6.45, 7) is 6.64. The average Bonchev–Trinajstić information content (AvgIpc) is 2.98. The van der Waals surface area contributed by atoms with Gasteiger partial charge in [0.25, 0.3) is 11.5 Å². The number of amides is 1. The van der Waals surface area contributed by atoms with Crippen LogP contribution in [-0.4, -0.2) is 22.0 Å². The second-order valence-electron chi connectivity index (χ2n) is 6.26. The van der Waals surface area contributed by atoms with Crippen LogP contribution in [0.4, 0.5) is 0 Å². The molecule has 0 aliphatic carbocycles. The van der Waals surface area contributed by atoms with Gasteiger partial charge in [0.15, 0.2) is 0 Å². The number of aromatic nitrogens is 2. The van der Waals surface area contributed by atoms with E-state index in [0.717, 1.165) is 27.7 Å². The van der Waals surface area contributed by atoms with Gasteiger partial charge in [-0.15, -0.1) is 0 Å². The Kier molecular flexibility index (Phi) is 4.74. The third-order valence-corrected chi connectivity index (χ3v) is 4.60. The van der Waals surface area contributed by atoms with Gasteiger partial charge in [0, 0.05) is 35.9 Å². The van der Waals surface area contributed by atoms with Gasteiger partial charge in [-0.2, -0.15) is 0 Å². The summed E-state index contributed by atoms with van der Waals surface area (Å²) in [5, 5.41) is 4.05. The van der Waals surface area contributed by atoms with Gasteiger partial charge in [-0.3, -0.25) is 9.59 Å². The molecule has 0 fully saturated rings. The van der Waals surface area contributed by atoms with Crippen LogP contribution < -0.4 is 10.9 Å². The maximum atomic E-state index is 12.5. The molecule has 5 heteroatoms. The predicted octanol–water partition coefficient (Wildman–Crippen LogP) is 2.94. The van der Waals surface area contributed by atoms with E-state index in [1.54, 1.807) is 4.57 Å². The van der Waals surface area contributed by atoms with Crippen LogP contribution in [0.5, 0.6) is 0 Å². The summed E-state index contributed by atoms with van der Waals surface area (Å²) in [6, 6.07) is 9.97. The normalized spacial score (nSPS) is 11.0. The molecule has 0 saturated heterocycles. The number of nitrogens with one attached hydrogen (secondary N) is 2. The standard InChI is InChI=1S/C20H23N3O2/c1-4-23-14(3)11-13(2)18(20(23)25)19(24)21-10-9-15-12-22-17-8-6-5-7-16(15)17/h5-8,11-12,22H,4,9-10H2,1-3H3,(H,21,24). The minimum absolute atomic E-state index is 0.218. The quantitative estimate of drug-likeness (QED) is 0.752. The van der Waals surface area contributed by atoms with Gasteiger partial charge in [-0.1, -0.05) is 18.2 Å². The molecule has 0 saturated carbocycles. The molecular formula is C20H23N3O2. The molecule has 0 radical (unpaired) electrons. The number of hydrogen-bond acceptors (Lipinski definition) is 2. The Morgan fingerprint density at radius 3 is 2.76 bits per heavy atom. The van der Waals surface area contributed by atoms with E-state index >= 15 is 0 Å². The number of fused-ring (bicyclic) bond motifs is 1. The van der Waals surface area contributed by atoms with Gasteiger partial charge in [-0.05, 0) is 50.5 Å². The van der Waals surface area contributed by atoms with Crippen LogP contribution in [0.1, 0.15) is 34.1 Å². The molecule has 2 N–H and O–H groups in total. The SMILES string of the molecule is CCn1c(C)cc(C)c(C(=O)NCCc2c[nH]c3ccccc23)c1=O. The number of pyridine rings is 1. The molecule has 130 valence electrons. The van der Waals surface area contributed by atoms with Crippen molar-refractivity contribution in [1.82, 2.24) is 14.9 Å². The largest absolute Gasteiger partial charge is 0.361 e. The van der Waals surface area contributed by atoms with Crippen LogP contribution in [0.15, 0.2) is 41.3 Å². The number of benzene rings is 1. The molecule has 0 unspecified atom stereocenters. The van der Waals surface area contributed by atoms with Gasteiger partial charge in [0.2, 0.25) is 0 Å². The van der Waals surface area contributed by atoms with Crippen LogP contribution in [0.25, 0.3) is 10.9 Å². The molecule has 1 amide bonds. The van der Waals surface area contributed by atoms with Gasteiger partial charge >= 0.3 is 0 Å². The smallest absolute Gasteiger partial charge is 0.263 e. The minimum Gasteiger partial charge on any atom is -0.361 e. The fourth-order valence-electron chi connectivity index (χ4n) is 3.33. The molecule has 0 bridgehead atoms. The molecule has 1 aromatic carbocycles. The number of hydrogen-bond donors (Lipinski definition) is 2. The van der Waals surface area contributed by atoms with E-state index in [2.05, 4.69) is 16.4 Å². The highest BCUT2D eigenvalue weighted by molar-refractivity contribution is 5.95. The monoisotopic (exact) mass is 337 g/mol. The fraction of sp³-hybridized carbons (Fsp3) is 0.300. The second-order valence-corrected chi connectivity index (χ2v) is 6.26. The van der Waals surface area contributed by atoms with E-state index < -0.39 is 0 Å². The number of para-hydroxylation sites is 1. The van der Waals surface area contributed by atoms with Crippen LogP contribution in [0, 0.1) is 13.8 Å². The Labute approximate surface area is 146 Å². The van der Waals surface area contributed by atoms with Gasteiger partial charge in [0.1, 0.15) is 5.56 Å². The van der Waals surface area contributed by atoms with Crippen molar-refractivity contribution in [1.29, 1.82) is 0 Å². The van der Waals surface area contributed by atoms with Crippen molar-refractivity contribution < 1.29 is 4.79 Å². The minimum atomic E-state index is -0.301. The van der Waals surface area contributed by atoms with Crippen molar-refractivity contribution in [2.24, 2.45) is 0 Å². The maximum absolute atomic E-state index is 12.5. The summed E-state index contributed by atoms with van der Waals surface area (Å²) in [5.74, 6) is -0.301. The van der Waals surface area contributed by atoms with Crippen molar-refractivity contribution in [2.75, 3.05) is 6.54 Å². The number of aromatic amines is 1. The summed E-state index contributed by atoms with van der Waals surface area (Å²) in [6.07, 6.45) is 2.68. The maximum Gasteiger partial charge on any atom is 0.263 e. The highest BCUT2D eigenvalue weighted by Gasteiger charge is 2.16. The van der Waals surface area contributed by atoms with E-state index in [0.29, 0.717) is 19.5 Å². The summed E-state index contributed by atoms with van der Waals surface area (Å²) < 4.78 is 1.63. The van der Waals surface area contributed by atoms with Crippen molar-refractivity contribution in [2.45, 2.75) is 33.7 Å². The molecule has 25 heavy (non-hydrogen) atoms. The molecule has 0 aliphatic rings. The van der Waals surface area contributed by atoms with Crippen LogP contribution >= 0.6 is 0 Å². The zero-order valence-electron chi connectivity index (χ0n) is 14.8. The Morgan fingerprint density at radius 2 is 2.00 bits per heavy atom. The van der Waals surface area contributed by atoms with Crippen molar-refractivity contribution >= 4 is 16.8 Å². The Bertz CT molecular complexity index is 982. The molecule has 3 rings (SSSR count). The molecule has 2 heterocycles. The van der Waals surface area contributed by atoms with E-state index in [1.807, 2.05) is 51.2 Å². The van der Waals surface area contributed by atoms with E-state index in [9.17, 15) is 9.59 Å². The molecular weight excluding hydrogens is 314 g/mol. The zero-order chi connectivity index (χ0) is 18.0. The lowest BCUT2D eigenvalue weighted by Gasteiger charge is -2.13. The highest BCUT2D eigenvalue weighted by Crippen LogP contribution is 2.17. The lowest BCUT2D eigenvalue weighted by molar-refractivity contribution is 0.0951. The molecule has 0 spiro atoms. The second kappa shape index (κ2) is 6.97. The average molecular weight is 337 g/mol. The van der Waals surface area contributed by atoms with E-state index in [-0.39, 0.29) is 17.0 Å². The summed E-state index contributed by atoms with van der Waals surface area (Å²) in [4.78, 5) is 28.3. The summed E-state index contributed by atoms with van der Waals surface area (Å²) in [7, 11) is 0. The number of carbonyl (C=O) groups is 1. The third kappa shape index (κ3) is 3.22. The first-order valence-electron chi connectivity index (χ1n) is 8.57. The molecule has 2 aromatic heterocycles. The fourth-order valence-corrected chi connectivity index (χ4v) is 3.33. The Morgan fingerprint density at radius 1 is 1.24 bits per heavy atom. The molecule has 3 aromatic rings. The first kappa shape index (κ1) is 17.0. The topological polar surface area (TPSA) is 66.9 Å². The number of nitrogens with zero attached hydrogens (tertiary/aromatic N) is 1. The molecule has 5 nitrogen and oxygen atoms in total. The number of H-pyrrole nitrogens is 1. The van der Waals surface area contributed by atoms with Crippen molar-refractivity contribution in [3.63, 3.8) is 0 Å². The number of carbonyl (C=O) groups excluding carboxylic acids is 1. The lowest BCUT2D eigenvalue weighted by Crippen LogP contribution is -2.35. The van der Waals surface area contributed by atoms with Gasteiger partial charge in [0.05, 0.1) is 0 Å². The van der Waals surface area contributed by atoms with Gasteiger partial charge in [-0.25, -0.2) is 0 Å². The Hall–Kier alpha value is -2.82. The van der Waals surface area contributed by atoms with Crippen molar-refractivity contribution in [3.8, 4) is 0 Å². The van der Waals surface area contributed by atoms with E-state index in [4.69, 9.17) is 0 Å². The lowest BCUT2D eigenvalue weighted by atomic mass is 10.1. The van der Waals surface area contributed by atoms with Crippen LogP contribution in [0.2, 0.25) is 0 Å². The molecule has 0 aliphatic heterocycles.